The molecule has 2 amide bonds. The highest BCUT2D eigenvalue weighted by Gasteiger charge is 2.32. The van der Waals surface area contributed by atoms with E-state index in [4.69, 9.17) is 4.74 Å². The van der Waals surface area contributed by atoms with E-state index in [2.05, 4.69) is 15.3 Å². The van der Waals surface area contributed by atoms with Crippen molar-refractivity contribution in [1.82, 2.24) is 20.2 Å². The Morgan fingerprint density at radius 3 is 2.79 bits per heavy atom. The van der Waals surface area contributed by atoms with Gasteiger partial charge in [0.2, 0.25) is 5.91 Å². The standard InChI is InChI=1S/C21H24N4O3S/c1-13(26)23-19(20-22-8-11-29-20)14-6-9-25(10-7-14)21(27)17-12-15-16(24-17)4-3-5-18(15)28-2/h3-5,8,11-12,14,19,24H,6-7,9-10H2,1-2H3,(H,23,26)/t19-/m1/s1. The maximum atomic E-state index is 13.0. The van der Waals surface area contributed by atoms with E-state index in [-0.39, 0.29) is 23.8 Å². The first-order valence-corrected chi connectivity index (χ1v) is 10.6. The average Bonchev–Trinajstić information content (AvgIpc) is 3.41. The average molecular weight is 413 g/mol. The molecular weight excluding hydrogens is 388 g/mol. The number of nitrogens with zero attached hydrogens (tertiary/aromatic N) is 2. The number of ether oxygens (including phenoxy) is 1. The highest BCUT2D eigenvalue weighted by molar-refractivity contribution is 7.09. The van der Waals surface area contributed by atoms with Crippen molar-refractivity contribution in [2.75, 3.05) is 20.2 Å². The van der Waals surface area contributed by atoms with Crippen LogP contribution in [0.1, 0.15) is 41.3 Å². The predicted octanol–water partition coefficient (Wildman–Crippen LogP) is 3.36. The van der Waals surface area contributed by atoms with Gasteiger partial charge in [0.05, 0.1) is 13.2 Å². The number of likely N-dealkylation sites (tertiary alicyclic amines) is 1. The summed E-state index contributed by atoms with van der Waals surface area (Å²) < 4.78 is 5.39. The van der Waals surface area contributed by atoms with Gasteiger partial charge in [-0.2, -0.15) is 0 Å². The fourth-order valence-corrected chi connectivity index (χ4v) is 4.80. The van der Waals surface area contributed by atoms with Crippen molar-refractivity contribution in [3.8, 4) is 5.75 Å². The number of carbonyl (C=O) groups is 2. The monoisotopic (exact) mass is 412 g/mol. The van der Waals surface area contributed by atoms with Crippen LogP contribution >= 0.6 is 11.3 Å². The molecule has 0 saturated carbocycles. The Kier molecular flexibility index (Phi) is 5.53. The number of fused-ring (bicyclic) bond motifs is 1. The molecule has 4 rings (SSSR count). The highest BCUT2D eigenvalue weighted by Crippen LogP contribution is 2.33. The molecule has 1 aliphatic heterocycles. The number of benzene rings is 1. The summed E-state index contributed by atoms with van der Waals surface area (Å²) in [6.07, 6.45) is 3.40. The Hall–Kier alpha value is -2.87. The van der Waals surface area contributed by atoms with E-state index in [0.717, 1.165) is 34.5 Å². The SMILES string of the molecule is COc1cccc2[nH]c(C(=O)N3CCC([C@@H](NC(C)=O)c4nccs4)CC3)cc12. The Bertz CT molecular complexity index is 1010. The van der Waals surface area contributed by atoms with E-state index in [1.807, 2.05) is 34.5 Å². The number of hydrogen-bond acceptors (Lipinski definition) is 5. The zero-order valence-corrected chi connectivity index (χ0v) is 17.3. The molecule has 8 heteroatoms. The van der Waals surface area contributed by atoms with Gasteiger partial charge in [0, 0.05) is 42.5 Å². The third-order valence-corrected chi connectivity index (χ3v) is 6.31. The minimum atomic E-state index is -0.0953. The molecule has 1 aliphatic rings. The number of aromatic nitrogens is 2. The summed E-state index contributed by atoms with van der Waals surface area (Å²) in [6.45, 7) is 2.83. The van der Waals surface area contributed by atoms with E-state index in [0.29, 0.717) is 18.8 Å². The van der Waals surface area contributed by atoms with Crippen LogP contribution in [0.2, 0.25) is 0 Å². The molecule has 152 valence electrons. The first kappa shape index (κ1) is 19.4. The minimum absolute atomic E-state index is 0.00738. The van der Waals surface area contributed by atoms with Crippen molar-refractivity contribution in [3.05, 3.63) is 46.5 Å². The first-order chi connectivity index (χ1) is 14.1. The fourth-order valence-electron chi connectivity index (χ4n) is 4.02. The van der Waals surface area contributed by atoms with Gasteiger partial charge in [-0.3, -0.25) is 9.59 Å². The Balaban J connectivity index is 1.46. The number of rotatable bonds is 5. The molecule has 1 atom stereocenters. The van der Waals surface area contributed by atoms with Crippen molar-refractivity contribution in [3.63, 3.8) is 0 Å². The second-order valence-electron chi connectivity index (χ2n) is 7.28. The smallest absolute Gasteiger partial charge is 0.270 e. The van der Waals surface area contributed by atoms with Crippen LogP contribution in [0.3, 0.4) is 0 Å². The highest BCUT2D eigenvalue weighted by atomic mass is 32.1. The van der Waals surface area contributed by atoms with E-state index in [9.17, 15) is 9.59 Å². The minimum Gasteiger partial charge on any atom is -0.496 e. The lowest BCUT2D eigenvalue weighted by molar-refractivity contribution is -0.120. The summed E-state index contributed by atoms with van der Waals surface area (Å²) in [7, 11) is 1.63. The van der Waals surface area contributed by atoms with Crippen molar-refractivity contribution >= 4 is 34.1 Å². The molecule has 2 N–H and O–H groups in total. The molecule has 7 nitrogen and oxygen atoms in total. The van der Waals surface area contributed by atoms with Gasteiger partial charge in [0.15, 0.2) is 0 Å². The van der Waals surface area contributed by atoms with Crippen LogP contribution in [-0.4, -0.2) is 46.9 Å². The maximum Gasteiger partial charge on any atom is 0.270 e. The molecule has 2 aromatic heterocycles. The summed E-state index contributed by atoms with van der Waals surface area (Å²) in [5.41, 5.74) is 1.46. The molecule has 0 bridgehead atoms. The zero-order chi connectivity index (χ0) is 20.4. The van der Waals surface area contributed by atoms with Crippen LogP contribution in [0.5, 0.6) is 5.75 Å². The number of H-pyrrole nitrogens is 1. The third-order valence-electron chi connectivity index (χ3n) is 5.45. The summed E-state index contributed by atoms with van der Waals surface area (Å²) in [6, 6.07) is 7.49. The molecular formula is C21H24N4O3S. The van der Waals surface area contributed by atoms with Crippen molar-refractivity contribution in [2.45, 2.75) is 25.8 Å². The van der Waals surface area contributed by atoms with Crippen molar-refractivity contribution in [1.29, 1.82) is 0 Å². The molecule has 0 aliphatic carbocycles. The molecule has 1 saturated heterocycles. The maximum absolute atomic E-state index is 13.0. The lowest BCUT2D eigenvalue weighted by atomic mass is 9.89. The number of nitrogens with one attached hydrogen (secondary N) is 2. The number of hydrogen-bond donors (Lipinski definition) is 2. The topological polar surface area (TPSA) is 87.3 Å². The molecule has 1 fully saturated rings. The number of thiazole rings is 1. The Labute approximate surface area is 173 Å². The normalized spacial score (nSPS) is 16.0. The molecule has 0 unspecified atom stereocenters. The Morgan fingerprint density at radius 1 is 1.34 bits per heavy atom. The lowest BCUT2D eigenvalue weighted by Gasteiger charge is -2.35. The number of aromatic amines is 1. The quantitative estimate of drug-likeness (QED) is 0.673. The van der Waals surface area contributed by atoms with E-state index in [1.165, 1.54) is 6.92 Å². The van der Waals surface area contributed by atoms with Crippen molar-refractivity contribution in [2.24, 2.45) is 5.92 Å². The van der Waals surface area contributed by atoms with Crippen molar-refractivity contribution < 1.29 is 14.3 Å². The van der Waals surface area contributed by atoms with Gasteiger partial charge in [-0.1, -0.05) is 6.07 Å². The van der Waals surface area contributed by atoms with Gasteiger partial charge in [0.1, 0.15) is 16.5 Å². The summed E-state index contributed by atoms with van der Waals surface area (Å²) in [4.78, 5) is 34.2. The molecule has 29 heavy (non-hydrogen) atoms. The first-order valence-electron chi connectivity index (χ1n) is 9.68. The van der Waals surface area contributed by atoms with Crippen LogP contribution in [0.25, 0.3) is 10.9 Å². The summed E-state index contributed by atoms with van der Waals surface area (Å²) >= 11 is 1.55. The van der Waals surface area contributed by atoms with E-state index in [1.54, 1.807) is 24.6 Å². The summed E-state index contributed by atoms with van der Waals surface area (Å²) in [5, 5.41) is 6.80. The summed E-state index contributed by atoms with van der Waals surface area (Å²) in [5.74, 6) is 0.942. The van der Waals surface area contributed by atoms with E-state index >= 15 is 0 Å². The molecule has 3 aromatic rings. The third kappa shape index (κ3) is 3.98. The molecule has 1 aromatic carbocycles. The fraction of sp³-hybridized carbons (Fsp3) is 0.381. The number of piperidine rings is 1. The van der Waals surface area contributed by atoms with E-state index < -0.39 is 0 Å². The van der Waals surface area contributed by atoms with Crippen LogP contribution < -0.4 is 10.1 Å². The van der Waals surface area contributed by atoms with Gasteiger partial charge >= 0.3 is 0 Å². The van der Waals surface area contributed by atoms with Crippen LogP contribution in [0.15, 0.2) is 35.8 Å². The van der Waals surface area contributed by atoms with Crippen LogP contribution in [0, 0.1) is 5.92 Å². The molecule has 3 heterocycles. The Morgan fingerprint density at radius 2 is 2.14 bits per heavy atom. The lowest BCUT2D eigenvalue weighted by Crippen LogP contribution is -2.42. The van der Waals surface area contributed by atoms with Gasteiger partial charge in [-0.05, 0) is 37.0 Å². The van der Waals surface area contributed by atoms with Gasteiger partial charge < -0.3 is 19.9 Å². The zero-order valence-electron chi connectivity index (χ0n) is 16.5. The second-order valence-corrected chi connectivity index (χ2v) is 8.21. The van der Waals surface area contributed by atoms with Gasteiger partial charge in [-0.15, -0.1) is 11.3 Å². The van der Waals surface area contributed by atoms with Crippen LogP contribution in [0.4, 0.5) is 0 Å². The number of carbonyl (C=O) groups excluding carboxylic acids is 2. The number of methoxy groups -OCH3 is 1. The predicted molar refractivity (Wildman–Crippen MR) is 112 cm³/mol. The molecule has 0 spiro atoms. The van der Waals surface area contributed by atoms with Crippen LogP contribution in [-0.2, 0) is 4.79 Å². The van der Waals surface area contributed by atoms with Gasteiger partial charge in [-0.25, -0.2) is 4.98 Å². The number of amides is 2. The molecule has 0 radical (unpaired) electrons. The van der Waals surface area contributed by atoms with Gasteiger partial charge in [0.25, 0.3) is 5.91 Å². The largest absolute Gasteiger partial charge is 0.496 e. The second kappa shape index (κ2) is 8.24.